The van der Waals surface area contributed by atoms with Crippen molar-refractivity contribution in [2.75, 3.05) is 10.6 Å². The van der Waals surface area contributed by atoms with Gasteiger partial charge in [-0.25, -0.2) is 4.79 Å². The van der Waals surface area contributed by atoms with E-state index >= 15 is 0 Å². The summed E-state index contributed by atoms with van der Waals surface area (Å²) in [6.07, 6.45) is 0. The van der Waals surface area contributed by atoms with Gasteiger partial charge in [0.05, 0.1) is 0 Å². The van der Waals surface area contributed by atoms with Crippen LogP contribution >= 0.6 is 0 Å². The first kappa shape index (κ1) is 13.2. The van der Waals surface area contributed by atoms with Crippen molar-refractivity contribution in [3.63, 3.8) is 0 Å². The molecule has 1 aliphatic heterocycles. The van der Waals surface area contributed by atoms with Gasteiger partial charge in [-0.15, -0.1) is 0 Å². The normalized spacial score (nSPS) is 16.0. The zero-order valence-corrected chi connectivity index (χ0v) is 11.5. The Morgan fingerprint density at radius 1 is 1.10 bits per heavy atom. The predicted molar refractivity (Wildman–Crippen MR) is 81.1 cm³/mol. The fourth-order valence-corrected chi connectivity index (χ4v) is 2.29. The number of nitrogens with one attached hydrogen (secondary N) is 3. The molecule has 0 aromatic heterocycles. The van der Waals surface area contributed by atoms with Crippen LogP contribution in [0, 0.1) is 6.92 Å². The number of fused-ring (bicyclic) bond motifs is 1. The van der Waals surface area contributed by atoms with Crippen LogP contribution in [-0.4, -0.2) is 11.9 Å². The van der Waals surface area contributed by atoms with E-state index in [1.807, 2.05) is 55.5 Å². The lowest BCUT2D eigenvalue weighted by molar-refractivity contribution is -0.117. The minimum absolute atomic E-state index is 0.227. The third-order valence-corrected chi connectivity index (χ3v) is 3.38. The van der Waals surface area contributed by atoms with Crippen LogP contribution in [0.1, 0.15) is 17.2 Å². The molecule has 1 aliphatic rings. The van der Waals surface area contributed by atoms with Crippen LogP contribution in [0.25, 0.3) is 0 Å². The summed E-state index contributed by atoms with van der Waals surface area (Å²) in [5.41, 5.74) is 3.32. The molecule has 3 amide bonds. The molecule has 1 atom stereocenters. The second-order valence-electron chi connectivity index (χ2n) is 4.97. The molecule has 21 heavy (non-hydrogen) atoms. The molecular formula is C16H15N3O2. The van der Waals surface area contributed by atoms with Gasteiger partial charge in [0.1, 0.15) is 6.04 Å². The molecule has 0 aliphatic carbocycles. The maximum absolute atomic E-state index is 12.0. The van der Waals surface area contributed by atoms with E-state index in [1.165, 1.54) is 0 Å². The minimum Gasteiger partial charge on any atom is -0.324 e. The van der Waals surface area contributed by atoms with Gasteiger partial charge in [0, 0.05) is 16.9 Å². The Morgan fingerprint density at radius 3 is 2.57 bits per heavy atom. The van der Waals surface area contributed by atoms with E-state index in [0.29, 0.717) is 5.69 Å². The highest BCUT2D eigenvalue weighted by Gasteiger charge is 2.31. The Labute approximate surface area is 122 Å². The van der Waals surface area contributed by atoms with Crippen LogP contribution < -0.4 is 16.0 Å². The van der Waals surface area contributed by atoms with Crippen LogP contribution in [0.15, 0.2) is 48.5 Å². The summed E-state index contributed by atoms with van der Waals surface area (Å²) >= 11 is 0. The number of rotatable bonds is 2. The van der Waals surface area contributed by atoms with E-state index < -0.39 is 12.1 Å². The molecular weight excluding hydrogens is 266 g/mol. The number of aryl methyl sites for hydroxylation is 1. The first-order valence-electron chi connectivity index (χ1n) is 6.67. The molecule has 0 radical (unpaired) electrons. The third kappa shape index (κ3) is 2.72. The van der Waals surface area contributed by atoms with E-state index in [0.717, 1.165) is 16.8 Å². The lowest BCUT2D eigenvalue weighted by Gasteiger charge is -2.12. The van der Waals surface area contributed by atoms with Crippen LogP contribution in [0.3, 0.4) is 0 Å². The zero-order chi connectivity index (χ0) is 14.8. The van der Waals surface area contributed by atoms with Gasteiger partial charge in [-0.3, -0.25) is 4.79 Å². The summed E-state index contributed by atoms with van der Waals surface area (Å²) in [6.45, 7) is 1.98. The molecule has 0 bridgehead atoms. The van der Waals surface area contributed by atoms with E-state index in [2.05, 4.69) is 16.0 Å². The Morgan fingerprint density at radius 2 is 1.81 bits per heavy atom. The van der Waals surface area contributed by atoms with E-state index in [9.17, 15) is 9.59 Å². The fourth-order valence-electron chi connectivity index (χ4n) is 2.29. The number of para-hydroxylation sites is 1. The van der Waals surface area contributed by atoms with Crippen molar-refractivity contribution in [2.45, 2.75) is 13.0 Å². The number of anilines is 2. The first-order chi connectivity index (χ1) is 10.1. The second-order valence-corrected chi connectivity index (χ2v) is 4.97. The molecule has 2 aromatic carbocycles. The van der Waals surface area contributed by atoms with E-state index in [1.54, 1.807) is 0 Å². The topological polar surface area (TPSA) is 70.2 Å². The predicted octanol–water partition coefficient (Wildman–Crippen LogP) is 2.81. The molecule has 1 heterocycles. The van der Waals surface area contributed by atoms with Gasteiger partial charge in [-0.2, -0.15) is 0 Å². The lowest BCUT2D eigenvalue weighted by atomic mass is 10.1. The summed E-state index contributed by atoms with van der Waals surface area (Å²) in [7, 11) is 0. The maximum atomic E-state index is 12.0. The van der Waals surface area contributed by atoms with Crippen molar-refractivity contribution in [1.29, 1.82) is 0 Å². The van der Waals surface area contributed by atoms with Gasteiger partial charge in [0.25, 0.3) is 5.91 Å². The highest BCUT2D eigenvalue weighted by molar-refractivity contribution is 6.05. The molecule has 0 fully saturated rings. The third-order valence-electron chi connectivity index (χ3n) is 3.38. The summed E-state index contributed by atoms with van der Waals surface area (Å²) < 4.78 is 0. The highest BCUT2D eigenvalue weighted by Crippen LogP contribution is 2.30. The highest BCUT2D eigenvalue weighted by atomic mass is 16.2. The molecule has 106 valence electrons. The van der Waals surface area contributed by atoms with Crippen molar-refractivity contribution < 1.29 is 9.59 Å². The first-order valence-corrected chi connectivity index (χ1v) is 6.67. The van der Waals surface area contributed by atoms with E-state index in [-0.39, 0.29) is 5.91 Å². The van der Waals surface area contributed by atoms with E-state index in [4.69, 9.17) is 0 Å². The average Bonchev–Trinajstić information content (AvgIpc) is 2.78. The van der Waals surface area contributed by atoms with Gasteiger partial charge < -0.3 is 16.0 Å². The Bertz CT molecular complexity index is 695. The quantitative estimate of drug-likeness (QED) is 0.792. The standard InChI is InChI=1S/C16H15N3O2/c1-10-6-8-11(9-7-10)17-16(21)19-14-12-4-2-3-5-13(12)18-15(14)20/h2-9,14H,1H3,(H,18,20)(H2,17,19,21)/t14-/m0/s1. The molecule has 5 nitrogen and oxygen atoms in total. The second kappa shape index (κ2) is 5.28. The summed E-state index contributed by atoms with van der Waals surface area (Å²) in [5, 5.41) is 8.15. The number of amides is 3. The number of urea groups is 1. The minimum atomic E-state index is -0.661. The van der Waals surface area contributed by atoms with Crippen molar-refractivity contribution in [3.05, 3.63) is 59.7 Å². The molecule has 5 heteroatoms. The molecule has 3 N–H and O–H groups in total. The molecule has 0 saturated carbocycles. The fraction of sp³-hybridized carbons (Fsp3) is 0.125. The van der Waals surface area contributed by atoms with Crippen molar-refractivity contribution in [1.82, 2.24) is 5.32 Å². The number of carbonyl (C=O) groups is 2. The average molecular weight is 281 g/mol. The van der Waals surface area contributed by atoms with Gasteiger partial charge in [-0.1, -0.05) is 35.9 Å². The van der Waals surface area contributed by atoms with Crippen LogP contribution in [0.5, 0.6) is 0 Å². The summed E-state index contributed by atoms with van der Waals surface area (Å²) in [6, 6.07) is 13.7. The SMILES string of the molecule is Cc1ccc(NC(=O)N[C@@H]2C(=O)Nc3ccccc32)cc1. The number of benzene rings is 2. The van der Waals surface area contributed by atoms with Gasteiger partial charge in [-0.05, 0) is 25.1 Å². The Kier molecular flexibility index (Phi) is 3.31. The number of carbonyl (C=O) groups excluding carboxylic acids is 2. The largest absolute Gasteiger partial charge is 0.324 e. The Balaban J connectivity index is 1.70. The van der Waals surface area contributed by atoms with Crippen LogP contribution in [0.4, 0.5) is 16.2 Å². The molecule has 0 spiro atoms. The van der Waals surface area contributed by atoms with Gasteiger partial charge in [0.15, 0.2) is 0 Å². The van der Waals surface area contributed by atoms with Crippen molar-refractivity contribution in [2.24, 2.45) is 0 Å². The van der Waals surface area contributed by atoms with Crippen LogP contribution in [0.2, 0.25) is 0 Å². The molecule has 2 aromatic rings. The van der Waals surface area contributed by atoms with Gasteiger partial charge in [0.2, 0.25) is 0 Å². The van der Waals surface area contributed by atoms with Crippen LogP contribution in [-0.2, 0) is 4.79 Å². The monoisotopic (exact) mass is 281 g/mol. The van der Waals surface area contributed by atoms with Gasteiger partial charge >= 0.3 is 6.03 Å². The summed E-state index contributed by atoms with van der Waals surface area (Å²) in [4.78, 5) is 23.9. The zero-order valence-electron chi connectivity index (χ0n) is 11.5. The maximum Gasteiger partial charge on any atom is 0.320 e. The smallest absolute Gasteiger partial charge is 0.320 e. The lowest BCUT2D eigenvalue weighted by Crippen LogP contribution is -2.36. The van der Waals surface area contributed by atoms with Crippen molar-refractivity contribution >= 4 is 23.3 Å². The Hall–Kier alpha value is -2.82. The number of hydrogen-bond acceptors (Lipinski definition) is 2. The molecule has 0 saturated heterocycles. The number of hydrogen-bond donors (Lipinski definition) is 3. The molecule has 0 unspecified atom stereocenters. The molecule has 3 rings (SSSR count). The summed E-state index contributed by atoms with van der Waals surface area (Å²) in [5.74, 6) is -0.227. The van der Waals surface area contributed by atoms with Crippen molar-refractivity contribution in [3.8, 4) is 0 Å².